The third kappa shape index (κ3) is 4.74. The summed E-state index contributed by atoms with van der Waals surface area (Å²) in [6.45, 7) is 3.61. The molecule has 5 aliphatic rings. The van der Waals surface area contributed by atoms with Crippen LogP contribution in [0.3, 0.4) is 0 Å². The van der Waals surface area contributed by atoms with E-state index < -0.39 is 11.9 Å². The zero-order valence-corrected chi connectivity index (χ0v) is 17.5. The van der Waals surface area contributed by atoms with E-state index in [1.165, 1.54) is 44.2 Å². The van der Waals surface area contributed by atoms with Crippen LogP contribution in [0.25, 0.3) is 0 Å². The Labute approximate surface area is 180 Å². The molecule has 1 heterocycles. The van der Waals surface area contributed by atoms with Gasteiger partial charge in [0.25, 0.3) is 5.91 Å². The number of carbonyl (C=O) groups excluding carboxylic acids is 1. The maximum atomic E-state index is 13.1. The fraction of sp³-hybridized carbons (Fsp3) is 0.609. The molecular formula is C23H29FN2O5. The van der Waals surface area contributed by atoms with Crippen molar-refractivity contribution in [3.8, 4) is 0 Å². The minimum absolute atomic E-state index is 0.0460. The van der Waals surface area contributed by atoms with Crippen molar-refractivity contribution in [2.24, 2.45) is 23.7 Å². The van der Waals surface area contributed by atoms with Crippen molar-refractivity contribution in [1.29, 1.82) is 0 Å². The summed E-state index contributed by atoms with van der Waals surface area (Å²) in [7, 11) is 0. The first kappa shape index (κ1) is 21.7. The number of halogens is 1. The molecule has 1 aromatic rings. The molecule has 1 amide bonds. The summed E-state index contributed by atoms with van der Waals surface area (Å²) in [5, 5.41) is 14.8. The van der Waals surface area contributed by atoms with Crippen LogP contribution in [0.2, 0.25) is 0 Å². The van der Waals surface area contributed by atoms with Gasteiger partial charge in [0, 0.05) is 37.8 Å². The van der Waals surface area contributed by atoms with E-state index in [2.05, 4.69) is 4.90 Å². The van der Waals surface area contributed by atoms with Gasteiger partial charge in [-0.05, 0) is 80.0 Å². The molecule has 8 heteroatoms. The summed E-state index contributed by atoms with van der Waals surface area (Å²) >= 11 is 0. The first-order valence-corrected chi connectivity index (χ1v) is 11.1. The Bertz CT molecular complexity index is 795. The Morgan fingerprint density at radius 2 is 1.26 bits per heavy atom. The molecule has 4 aliphatic carbocycles. The van der Waals surface area contributed by atoms with Gasteiger partial charge < -0.3 is 15.1 Å². The molecule has 4 saturated carbocycles. The van der Waals surface area contributed by atoms with Crippen LogP contribution < -0.4 is 0 Å². The predicted octanol–water partition coefficient (Wildman–Crippen LogP) is 2.56. The van der Waals surface area contributed by atoms with Crippen LogP contribution in [0.4, 0.5) is 4.39 Å². The largest absolute Gasteiger partial charge is 0.473 e. The van der Waals surface area contributed by atoms with Crippen molar-refractivity contribution in [3.63, 3.8) is 0 Å². The summed E-state index contributed by atoms with van der Waals surface area (Å²) in [5.41, 5.74) is 0.601. The van der Waals surface area contributed by atoms with Crippen LogP contribution in [0.15, 0.2) is 24.3 Å². The third-order valence-electron chi connectivity index (χ3n) is 7.47. The number of hydrogen-bond donors (Lipinski definition) is 2. The van der Waals surface area contributed by atoms with Crippen molar-refractivity contribution in [2.45, 2.75) is 38.1 Å². The maximum Gasteiger partial charge on any atom is 0.414 e. The fourth-order valence-electron chi connectivity index (χ4n) is 6.49. The minimum Gasteiger partial charge on any atom is -0.473 e. The predicted molar refractivity (Wildman–Crippen MR) is 110 cm³/mol. The molecule has 0 atom stereocenters. The Hall–Kier alpha value is -2.48. The lowest BCUT2D eigenvalue weighted by Gasteiger charge is -2.58. The van der Waals surface area contributed by atoms with Crippen LogP contribution in [0.1, 0.15) is 42.5 Å². The zero-order valence-electron chi connectivity index (χ0n) is 17.5. The lowest BCUT2D eigenvalue weighted by molar-refractivity contribution is -0.159. The number of amides is 1. The molecule has 0 spiro atoms. The highest BCUT2D eigenvalue weighted by Crippen LogP contribution is 2.55. The summed E-state index contributed by atoms with van der Waals surface area (Å²) < 4.78 is 13.1. The van der Waals surface area contributed by atoms with Gasteiger partial charge in [-0.15, -0.1) is 0 Å². The molecule has 31 heavy (non-hydrogen) atoms. The quantitative estimate of drug-likeness (QED) is 0.697. The van der Waals surface area contributed by atoms with Crippen molar-refractivity contribution in [2.75, 3.05) is 26.2 Å². The SMILES string of the molecule is O=C(O)C(=O)O.O=C(c1ccc(F)cc1)N1CCN(C2C3CC4CC(C3)CC2C4)CC1. The van der Waals surface area contributed by atoms with Crippen molar-refractivity contribution >= 4 is 17.8 Å². The second kappa shape index (κ2) is 8.94. The number of rotatable bonds is 2. The number of aliphatic carboxylic acids is 2. The Morgan fingerprint density at radius 1 is 0.774 bits per heavy atom. The number of carboxylic acid groups (broad SMARTS) is 2. The third-order valence-corrected chi connectivity index (χ3v) is 7.47. The summed E-state index contributed by atoms with van der Waals surface area (Å²) in [5.74, 6) is -0.0376. The number of nitrogens with zero attached hydrogens (tertiary/aromatic N) is 2. The first-order valence-electron chi connectivity index (χ1n) is 11.1. The molecular weight excluding hydrogens is 403 g/mol. The Kier molecular flexibility index (Phi) is 6.27. The van der Waals surface area contributed by atoms with Crippen LogP contribution in [-0.4, -0.2) is 70.1 Å². The van der Waals surface area contributed by atoms with Gasteiger partial charge in [0.2, 0.25) is 0 Å². The average molecular weight is 432 g/mol. The van der Waals surface area contributed by atoms with Crippen molar-refractivity contribution in [3.05, 3.63) is 35.6 Å². The second-order valence-electron chi connectivity index (χ2n) is 9.37. The van der Waals surface area contributed by atoms with E-state index in [9.17, 15) is 9.18 Å². The topological polar surface area (TPSA) is 98.1 Å². The molecule has 0 radical (unpaired) electrons. The van der Waals surface area contributed by atoms with E-state index in [4.69, 9.17) is 19.8 Å². The fourth-order valence-corrected chi connectivity index (χ4v) is 6.49. The lowest BCUT2D eigenvalue weighted by atomic mass is 9.54. The van der Waals surface area contributed by atoms with E-state index in [1.54, 1.807) is 12.1 Å². The van der Waals surface area contributed by atoms with Gasteiger partial charge in [-0.2, -0.15) is 0 Å². The summed E-state index contributed by atoms with van der Waals surface area (Å²) in [4.78, 5) is 35.5. The van der Waals surface area contributed by atoms with Crippen molar-refractivity contribution in [1.82, 2.24) is 9.80 Å². The van der Waals surface area contributed by atoms with E-state index >= 15 is 0 Å². The van der Waals surface area contributed by atoms with Crippen molar-refractivity contribution < 1.29 is 29.0 Å². The van der Waals surface area contributed by atoms with E-state index in [0.717, 1.165) is 55.9 Å². The molecule has 168 valence electrons. The zero-order chi connectivity index (χ0) is 22.1. The molecule has 4 bridgehead atoms. The van der Waals surface area contributed by atoms with Gasteiger partial charge in [0.15, 0.2) is 0 Å². The average Bonchev–Trinajstić information content (AvgIpc) is 2.74. The van der Waals surface area contributed by atoms with Crippen LogP contribution in [0, 0.1) is 29.5 Å². The van der Waals surface area contributed by atoms with Gasteiger partial charge in [-0.3, -0.25) is 9.69 Å². The highest BCUT2D eigenvalue weighted by Gasteiger charge is 2.50. The summed E-state index contributed by atoms with van der Waals surface area (Å²) in [6, 6.07) is 6.72. The van der Waals surface area contributed by atoms with E-state index in [0.29, 0.717) is 5.56 Å². The van der Waals surface area contributed by atoms with Crippen LogP contribution in [0.5, 0.6) is 0 Å². The standard InChI is InChI=1S/C21H27FN2O.C2H2O4/c22-19-3-1-16(2-4-19)21(25)24-7-5-23(6-8-24)20-17-10-14-9-15(12-17)13-18(20)11-14;3-1(4)2(5)6/h1-4,14-15,17-18,20H,5-13H2;(H,3,4)(H,5,6). The van der Waals surface area contributed by atoms with E-state index in [1.807, 2.05) is 4.90 Å². The van der Waals surface area contributed by atoms with Gasteiger partial charge in [0.05, 0.1) is 0 Å². The number of carboxylic acids is 2. The normalized spacial score (nSPS) is 31.6. The number of benzene rings is 1. The molecule has 6 rings (SSSR count). The van der Waals surface area contributed by atoms with Gasteiger partial charge in [-0.25, -0.2) is 14.0 Å². The van der Waals surface area contributed by atoms with Crippen LogP contribution >= 0.6 is 0 Å². The molecule has 5 fully saturated rings. The molecule has 1 aliphatic heterocycles. The van der Waals surface area contributed by atoms with Gasteiger partial charge in [0.1, 0.15) is 5.82 Å². The molecule has 7 nitrogen and oxygen atoms in total. The molecule has 1 aromatic carbocycles. The molecule has 1 saturated heterocycles. The maximum absolute atomic E-state index is 13.1. The number of piperazine rings is 1. The summed E-state index contributed by atoms with van der Waals surface area (Å²) in [6.07, 6.45) is 7.30. The Balaban J connectivity index is 0.000000342. The highest BCUT2D eigenvalue weighted by atomic mass is 19.1. The molecule has 0 aromatic heterocycles. The molecule has 0 unspecified atom stereocenters. The van der Waals surface area contributed by atoms with Gasteiger partial charge >= 0.3 is 11.9 Å². The lowest BCUT2D eigenvalue weighted by Crippen LogP contribution is -2.60. The smallest absolute Gasteiger partial charge is 0.414 e. The number of carbonyl (C=O) groups is 3. The second-order valence-corrected chi connectivity index (χ2v) is 9.37. The monoisotopic (exact) mass is 432 g/mol. The van der Waals surface area contributed by atoms with Gasteiger partial charge in [-0.1, -0.05) is 0 Å². The van der Waals surface area contributed by atoms with Crippen LogP contribution in [-0.2, 0) is 9.59 Å². The first-order chi connectivity index (χ1) is 14.8. The minimum atomic E-state index is -1.82. The Morgan fingerprint density at radius 3 is 1.71 bits per heavy atom. The molecule has 2 N–H and O–H groups in total. The highest BCUT2D eigenvalue weighted by molar-refractivity contribution is 6.27. The number of hydrogen-bond acceptors (Lipinski definition) is 4. The van der Waals surface area contributed by atoms with E-state index in [-0.39, 0.29) is 11.7 Å².